The van der Waals surface area contributed by atoms with Crippen molar-refractivity contribution < 1.29 is 9.30 Å². The fourth-order valence-electron chi connectivity index (χ4n) is 2.34. The van der Waals surface area contributed by atoms with E-state index in [1.165, 1.54) is 48.8 Å². The highest BCUT2D eigenvalue weighted by Gasteiger charge is 2.08. The molecule has 2 heteroatoms. The summed E-state index contributed by atoms with van der Waals surface area (Å²) in [7, 11) is 0. The summed E-state index contributed by atoms with van der Waals surface area (Å²) in [5.74, 6) is 0. The van der Waals surface area contributed by atoms with Crippen LogP contribution in [-0.2, 0) is 17.9 Å². The predicted octanol–water partition coefficient (Wildman–Crippen LogP) is 4.10. The second-order valence-corrected chi connectivity index (χ2v) is 5.41. The number of unbranched alkanes of at least 4 members (excludes halogenated alkanes) is 4. The molecule has 2 nitrogen and oxygen atoms in total. The molecule has 0 aliphatic carbocycles. The van der Waals surface area contributed by atoms with Crippen molar-refractivity contribution in [2.45, 2.75) is 73.0 Å². The van der Waals surface area contributed by atoms with Crippen LogP contribution in [0, 0.1) is 13.8 Å². The van der Waals surface area contributed by atoms with Crippen molar-refractivity contribution in [1.29, 1.82) is 0 Å². The standard InChI is InChI=1S/C17H30NO/c1-5-7-8-9-10-11-19-14-18-12-15(3)16(4)17(6-2)13-18/h12-13H,5-11,14H2,1-4H3/q+1. The average molecular weight is 264 g/mol. The highest BCUT2D eigenvalue weighted by atomic mass is 16.5. The molecule has 0 spiro atoms. The van der Waals surface area contributed by atoms with Gasteiger partial charge in [0.05, 0.1) is 6.61 Å². The molecule has 1 heterocycles. The Morgan fingerprint density at radius 2 is 1.74 bits per heavy atom. The second kappa shape index (κ2) is 9.08. The zero-order chi connectivity index (χ0) is 14.1. The molecule has 1 rings (SSSR count). The zero-order valence-electron chi connectivity index (χ0n) is 13.2. The third kappa shape index (κ3) is 5.73. The molecule has 0 saturated heterocycles. The van der Waals surface area contributed by atoms with Crippen molar-refractivity contribution in [2.24, 2.45) is 0 Å². The van der Waals surface area contributed by atoms with E-state index >= 15 is 0 Å². The van der Waals surface area contributed by atoms with Gasteiger partial charge in [0.1, 0.15) is 0 Å². The Kier molecular flexibility index (Phi) is 7.73. The number of nitrogens with zero attached hydrogens (tertiary/aromatic N) is 1. The Morgan fingerprint density at radius 3 is 2.42 bits per heavy atom. The van der Waals surface area contributed by atoms with Crippen LogP contribution < -0.4 is 4.57 Å². The van der Waals surface area contributed by atoms with Crippen molar-refractivity contribution >= 4 is 0 Å². The molecule has 0 aliphatic heterocycles. The Labute approximate surface area is 118 Å². The maximum atomic E-state index is 5.76. The Balaban J connectivity index is 2.31. The number of aromatic nitrogens is 1. The maximum Gasteiger partial charge on any atom is 0.252 e. The van der Waals surface area contributed by atoms with Gasteiger partial charge in [0.2, 0.25) is 0 Å². The number of ether oxygens (including phenoxy) is 1. The first-order valence-corrected chi connectivity index (χ1v) is 7.76. The quantitative estimate of drug-likeness (QED) is 0.483. The van der Waals surface area contributed by atoms with Gasteiger partial charge >= 0.3 is 0 Å². The van der Waals surface area contributed by atoms with Gasteiger partial charge in [0.15, 0.2) is 12.4 Å². The monoisotopic (exact) mass is 264 g/mol. The fraction of sp³-hybridized carbons (Fsp3) is 0.706. The summed E-state index contributed by atoms with van der Waals surface area (Å²) in [6.45, 7) is 10.4. The summed E-state index contributed by atoms with van der Waals surface area (Å²) in [5.41, 5.74) is 4.19. The lowest BCUT2D eigenvalue weighted by molar-refractivity contribution is -0.733. The SMILES string of the molecule is CCCCCCCOC[n+]1cc(C)c(C)c(CC)c1. The van der Waals surface area contributed by atoms with Crippen LogP contribution in [0.5, 0.6) is 0 Å². The largest absolute Gasteiger partial charge is 0.323 e. The van der Waals surface area contributed by atoms with Gasteiger partial charge in [-0.05, 0) is 32.3 Å². The molecule has 0 saturated carbocycles. The minimum Gasteiger partial charge on any atom is -0.323 e. The van der Waals surface area contributed by atoms with E-state index in [-0.39, 0.29) is 0 Å². The van der Waals surface area contributed by atoms with E-state index in [9.17, 15) is 0 Å². The maximum absolute atomic E-state index is 5.76. The third-order valence-corrected chi connectivity index (χ3v) is 3.77. The van der Waals surface area contributed by atoms with Crippen molar-refractivity contribution in [3.63, 3.8) is 0 Å². The van der Waals surface area contributed by atoms with E-state index in [4.69, 9.17) is 4.74 Å². The van der Waals surface area contributed by atoms with Crippen LogP contribution in [0.1, 0.15) is 62.6 Å². The van der Waals surface area contributed by atoms with Gasteiger partial charge in [-0.25, -0.2) is 0 Å². The molecule has 0 atom stereocenters. The van der Waals surface area contributed by atoms with Gasteiger partial charge in [-0.15, -0.1) is 0 Å². The normalized spacial score (nSPS) is 10.9. The summed E-state index contributed by atoms with van der Waals surface area (Å²) >= 11 is 0. The average Bonchev–Trinajstić information content (AvgIpc) is 2.41. The minimum absolute atomic E-state index is 0.682. The Bertz CT molecular complexity index is 374. The van der Waals surface area contributed by atoms with Crippen LogP contribution in [0.3, 0.4) is 0 Å². The van der Waals surface area contributed by atoms with Gasteiger partial charge in [-0.1, -0.05) is 39.5 Å². The van der Waals surface area contributed by atoms with Gasteiger partial charge in [-0.2, -0.15) is 4.57 Å². The first-order valence-electron chi connectivity index (χ1n) is 7.76. The first kappa shape index (κ1) is 16.2. The molecule has 0 radical (unpaired) electrons. The van der Waals surface area contributed by atoms with Gasteiger partial charge in [0, 0.05) is 11.1 Å². The molecular weight excluding hydrogens is 234 g/mol. The lowest BCUT2D eigenvalue weighted by atomic mass is 10.1. The van der Waals surface area contributed by atoms with Crippen molar-refractivity contribution in [3.8, 4) is 0 Å². The zero-order valence-corrected chi connectivity index (χ0v) is 13.2. The number of rotatable bonds is 9. The lowest BCUT2D eigenvalue weighted by Gasteiger charge is -2.06. The summed E-state index contributed by atoms with van der Waals surface area (Å²) in [6.07, 6.45) is 12.0. The lowest BCUT2D eigenvalue weighted by Crippen LogP contribution is -2.36. The van der Waals surface area contributed by atoms with Crippen LogP contribution >= 0.6 is 0 Å². The summed E-state index contributed by atoms with van der Waals surface area (Å²) in [5, 5.41) is 0. The topological polar surface area (TPSA) is 13.1 Å². The highest BCUT2D eigenvalue weighted by molar-refractivity contribution is 5.26. The molecule has 1 aromatic heterocycles. The molecule has 0 amide bonds. The van der Waals surface area contributed by atoms with Crippen LogP contribution in [0.4, 0.5) is 0 Å². The van der Waals surface area contributed by atoms with Gasteiger partial charge in [-0.3, -0.25) is 0 Å². The van der Waals surface area contributed by atoms with Crippen LogP contribution in [0.25, 0.3) is 0 Å². The Hall–Kier alpha value is -0.890. The van der Waals surface area contributed by atoms with Crippen molar-refractivity contribution in [2.75, 3.05) is 6.61 Å². The van der Waals surface area contributed by atoms with Crippen LogP contribution in [0.2, 0.25) is 0 Å². The summed E-state index contributed by atoms with van der Waals surface area (Å²) < 4.78 is 7.93. The Morgan fingerprint density at radius 1 is 1.00 bits per heavy atom. The van der Waals surface area contributed by atoms with E-state index in [1.54, 1.807) is 0 Å². The smallest absolute Gasteiger partial charge is 0.252 e. The van der Waals surface area contributed by atoms with Crippen molar-refractivity contribution in [3.05, 3.63) is 29.1 Å². The van der Waals surface area contributed by atoms with E-state index in [1.807, 2.05) is 0 Å². The molecular formula is C17H30NO+. The van der Waals surface area contributed by atoms with Crippen molar-refractivity contribution in [1.82, 2.24) is 0 Å². The van der Waals surface area contributed by atoms with Gasteiger partial charge < -0.3 is 4.74 Å². The molecule has 108 valence electrons. The number of hydrogen-bond acceptors (Lipinski definition) is 1. The summed E-state index contributed by atoms with van der Waals surface area (Å²) in [4.78, 5) is 0. The number of pyridine rings is 1. The third-order valence-electron chi connectivity index (χ3n) is 3.77. The molecule has 1 aromatic rings. The molecule has 0 aliphatic rings. The fourth-order valence-corrected chi connectivity index (χ4v) is 2.34. The van der Waals surface area contributed by atoms with E-state index in [0.717, 1.165) is 13.0 Å². The molecule has 0 bridgehead atoms. The molecule has 0 N–H and O–H groups in total. The predicted molar refractivity (Wildman–Crippen MR) is 80.2 cm³/mol. The molecule has 0 aromatic carbocycles. The molecule has 19 heavy (non-hydrogen) atoms. The van der Waals surface area contributed by atoms with Crippen LogP contribution in [-0.4, -0.2) is 6.61 Å². The molecule has 0 unspecified atom stereocenters. The van der Waals surface area contributed by atoms with Gasteiger partial charge in [0.25, 0.3) is 6.73 Å². The highest BCUT2D eigenvalue weighted by Crippen LogP contribution is 2.10. The number of hydrogen-bond donors (Lipinski definition) is 0. The minimum atomic E-state index is 0.682. The van der Waals surface area contributed by atoms with E-state index in [2.05, 4.69) is 44.7 Å². The van der Waals surface area contributed by atoms with Crippen LogP contribution in [0.15, 0.2) is 12.4 Å². The second-order valence-electron chi connectivity index (χ2n) is 5.41. The summed E-state index contributed by atoms with van der Waals surface area (Å²) in [6, 6.07) is 0. The molecule has 0 fully saturated rings. The first-order chi connectivity index (χ1) is 9.19. The van der Waals surface area contributed by atoms with E-state index in [0.29, 0.717) is 6.73 Å². The number of aryl methyl sites for hydroxylation is 2. The van der Waals surface area contributed by atoms with E-state index < -0.39 is 0 Å².